The van der Waals surface area contributed by atoms with E-state index in [0.717, 1.165) is 11.6 Å². The molecule has 4 rings (SSSR count). The number of cyclic esters (lactones) is 1. The first-order chi connectivity index (χ1) is 30.0. The van der Waals surface area contributed by atoms with Crippen LogP contribution in [0.2, 0.25) is 0 Å². The van der Waals surface area contributed by atoms with Crippen molar-refractivity contribution in [2.24, 2.45) is 10.8 Å². The van der Waals surface area contributed by atoms with Gasteiger partial charge in [0.25, 0.3) is 0 Å². The summed E-state index contributed by atoms with van der Waals surface area (Å²) in [5, 5.41) is 34.8. The molecule has 360 valence electrons. The van der Waals surface area contributed by atoms with E-state index in [4.69, 9.17) is 42.6 Å². The van der Waals surface area contributed by atoms with Crippen molar-refractivity contribution in [3.05, 3.63) is 47.6 Å². The van der Waals surface area contributed by atoms with E-state index in [-0.39, 0.29) is 37.7 Å². The van der Waals surface area contributed by atoms with E-state index in [1.165, 1.54) is 48.2 Å². The normalized spacial score (nSPS) is 36.7. The molecule has 0 unspecified atom stereocenters. The minimum atomic E-state index is -2.27. The number of hydrogen-bond acceptors (Lipinski definition) is 17. The summed E-state index contributed by atoms with van der Waals surface area (Å²) in [5.74, 6) is -7.10. The van der Waals surface area contributed by atoms with Gasteiger partial charge in [-0.2, -0.15) is 0 Å². The Morgan fingerprint density at radius 1 is 0.828 bits per heavy atom. The van der Waals surface area contributed by atoms with Gasteiger partial charge in [0.05, 0.1) is 62.7 Å². The third-order valence-electron chi connectivity index (χ3n) is 12.7. The van der Waals surface area contributed by atoms with Gasteiger partial charge in [-0.25, -0.2) is 9.59 Å². The van der Waals surface area contributed by atoms with Crippen LogP contribution in [0.4, 0.5) is 0 Å². The highest BCUT2D eigenvalue weighted by atomic mass is 16.7. The molecule has 3 saturated heterocycles. The standard InChI is InChI=1S/C47H70O17/c1-28(48)38-25-35-21-32(22-41(53)57-9)43(60-30(3)50)47(55,64-35)44(4,5)17-15-13-11-12-14-16-34-18-31(20-40(52)56-8)19-37(61-34)27-46(58-10)45(6,7)39(59-29(2)49)26-36(63-46)23-33(51)24-42(54)62-38/h14-17,20,22,28,33-39,43,48,51,55H,11-13,18-19,21,23-27H2,1-10H3/b16-14-,17-15+,31-20+,32-22+/t28-,33-,34+,35+,36-,37+,38-,39+,43+,46+,47-/m1/s1. The Hall–Kier alpha value is -3.97. The summed E-state index contributed by atoms with van der Waals surface area (Å²) in [6.07, 6.45) is 3.53. The molecular formula is C47H70O17. The van der Waals surface area contributed by atoms with E-state index < -0.39 is 114 Å². The van der Waals surface area contributed by atoms with Crippen LogP contribution in [0.25, 0.3) is 0 Å². The maximum absolute atomic E-state index is 13.5. The highest BCUT2D eigenvalue weighted by molar-refractivity contribution is 5.83. The largest absolute Gasteiger partial charge is 0.466 e. The van der Waals surface area contributed by atoms with Gasteiger partial charge in [0.1, 0.15) is 12.2 Å². The van der Waals surface area contributed by atoms with Gasteiger partial charge in [-0.15, -0.1) is 0 Å². The van der Waals surface area contributed by atoms with E-state index in [1.807, 2.05) is 32.1 Å². The Kier molecular flexibility index (Phi) is 18.5. The zero-order valence-corrected chi connectivity index (χ0v) is 39.0. The highest BCUT2D eigenvalue weighted by Crippen LogP contribution is 2.51. The number of hydrogen-bond donors (Lipinski definition) is 3. The smallest absolute Gasteiger partial charge is 0.330 e. The van der Waals surface area contributed by atoms with Crippen molar-refractivity contribution >= 4 is 29.8 Å². The molecule has 0 aliphatic carbocycles. The lowest BCUT2D eigenvalue weighted by atomic mass is 9.70. The lowest BCUT2D eigenvalue weighted by Crippen LogP contribution is -2.63. The molecule has 0 radical (unpaired) electrons. The number of methoxy groups -OCH3 is 3. The molecule has 0 saturated carbocycles. The van der Waals surface area contributed by atoms with E-state index in [1.54, 1.807) is 19.9 Å². The van der Waals surface area contributed by atoms with Crippen LogP contribution < -0.4 is 0 Å². The topological polar surface area (TPSA) is 229 Å². The van der Waals surface area contributed by atoms with Crippen LogP contribution in [0.3, 0.4) is 0 Å². The first-order valence-electron chi connectivity index (χ1n) is 22.1. The fourth-order valence-corrected chi connectivity index (χ4v) is 9.11. The monoisotopic (exact) mass is 906 g/mol. The molecule has 3 N–H and O–H groups in total. The predicted octanol–water partition coefficient (Wildman–Crippen LogP) is 4.77. The molecule has 64 heavy (non-hydrogen) atoms. The van der Waals surface area contributed by atoms with E-state index in [2.05, 4.69) is 0 Å². The van der Waals surface area contributed by atoms with Crippen LogP contribution in [0.5, 0.6) is 0 Å². The van der Waals surface area contributed by atoms with Crippen LogP contribution in [-0.2, 0) is 66.6 Å². The van der Waals surface area contributed by atoms with E-state index >= 15 is 0 Å². The van der Waals surface area contributed by atoms with Crippen molar-refractivity contribution in [2.45, 2.75) is 186 Å². The van der Waals surface area contributed by atoms with Gasteiger partial charge in [0.2, 0.25) is 5.79 Å². The molecule has 0 aromatic rings. The van der Waals surface area contributed by atoms with Crippen molar-refractivity contribution in [3.8, 4) is 0 Å². The summed E-state index contributed by atoms with van der Waals surface area (Å²) in [6, 6.07) is 0. The van der Waals surface area contributed by atoms with Crippen molar-refractivity contribution in [3.63, 3.8) is 0 Å². The SMILES string of the molecule is COC(=O)/C=C1/C[C@H]2C[C@]3(OC)O[C@H](C[C@@H](O)CC(=O)O[C@@H]([C@@H](C)O)C[C@@H]4C/C(=C\C(=O)OC)[C@H](OC(C)=O)[C@@](O)(O4)C(C)(C)/C=C/CCC/C=C\[C@@H](C1)O2)C[C@H](OC(C)=O)C3(C)C. The van der Waals surface area contributed by atoms with Crippen molar-refractivity contribution in [1.82, 2.24) is 0 Å². The summed E-state index contributed by atoms with van der Waals surface area (Å²) in [7, 11) is 3.97. The third kappa shape index (κ3) is 13.3. The van der Waals surface area contributed by atoms with E-state index in [9.17, 15) is 39.3 Å². The average molecular weight is 907 g/mol. The van der Waals surface area contributed by atoms with Gasteiger partial charge < -0.3 is 58.0 Å². The number of aliphatic hydroxyl groups is 3. The second kappa shape index (κ2) is 22.5. The van der Waals surface area contributed by atoms with E-state index in [0.29, 0.717) is 32.1 Å². The molecule has 4 heterocycles. The van der Waals surface area contributed by atoms with Crippen LogP contribution in [-0.4, -0.2) is 133 Å². The Morgan fingerprint density at radius 2 is 1.48 bits per heavy atom. The quantitative estimate of drug-likeness (QED) is 0.141. The first kappa shape index (κ1) is 52.7. The number of esters is 5. The van der Waals surface area contributed by atoms with Crippen molar-refractivity contribution in [1.29, 1.82) is 0 Å². The van der Waals surface area contributed by atoms with Gasteiger partial charge >= 0.3 is 29.8 Å². The molecule has 6 bridgehead atoms. The number of carbonyl (C=O) groups is 5. The average Bonchev–Trinajstić information content (AvgIpc) is 3.19. The van der Waals surface area contributed by atoms with Crippen molar-refractivity contribution < 1.29 is 81.9 Å². The predicted molar refractivity (Wildman–Crippen MR) is 229 cm³/mol. The first-order valence-corrected chi connectivity index (χ1v) is 22.1. The Balaban J connectivity index is 1.76. The van der Waals surface area contributed by atoms with Crippen LogP contribution >= 0.6 is 0 Å². The number of aliphatic hydroxyl groups excluding tert-OH is 2. The maximum atomic E-state index is 13.5. The van der Waals surface area contributed by atoms with Crippen LogP contribution in [0.1, 0.15) is 119 Å². The molecule has 4 aliphatic rings. The fourth-order valence-electron chi connectivity index (χ4n) is 9.11. The number of ether oxygens (including phenoxy) is 9. The van der Waals surface area contributed by atoms with Crippen LogP contribution in [0.15, 0.2) is 47.6 Å². The number of allylic oxidation sites excluding steroid dienone is 2. The third-order valence-corrected chi connectivity index (χ3v) is 12.7. The summed E-state index contributed by atoms with van der Waals surface area (Å²) < 4.78 is 53.1. The van der Waals surface area contributed by atoms with Crippen molar-refractivity contribution in [2.75, 3.05) is 21.3 Å². The lowest BCUT2D eigenvalue weighted by molar-refractivity contribution is -0.358. The number of carbonyl (C=O) groups excluding carboxylic acids is 5. The number of fused-ring (bicyclic) bond motifs is 6. The van der Waals surface area contributed by atoms with Gasteiger partial charge in [-0.05, 0) is 51.0 Å². The molecule has 11 atom stereocenters. The number of rotatable bonds is 6. The summed E-state index contributed by atoms with van der Waals surface area (Å²) >= 11 is 0. The zero-order chi connectivity index (χ0) is 47.6. The summed E-state index contributed by atoms with van der Waals surface area (Å²) in [6.45, 7) is 11.0. The minimum Gasteiger partial charge on any atom is -0.466 e. The summed E-state index contributed by atoms with van der Waals surface area (Å²) in [4.78, 5) is 63.6. The molecule has 0 amide bonds. The molecule has 0 aromatic heterocycles. The van der Waals surface area contributed by atoms with Gasteiger partial charge in [-0.3, -0.25) is 14.4 Å². The second-order valence-electron chi connectivity index (χ2n) is 18.4. The Labute approximate surface area is 376 Å². The molecule has 4 aliphatic heterocycles. The van der Waals surface area contributed by atoms with Crippen LogP contribution in [0, 0.1) is 10.8 Å². The lowest BCUT2D eigenvalue weighted by Gasteiger charge is -2.55. The molecule has 17 nitrogen and oxygen atoms in total. The molecule has 0 spiro atoms. The Bertz CT molecular complexity index is 1780. The minimum absolute atomic E-state index is 0.0729. The van der Waals surface area contributed by atoms with Gasteiger partial charge in [-0.1, -0.05) is 57.6 Å². The van der Waals surface area contributed by atoms with Gasteiger partial charge in [0, 0.05) is 64.2 Å². The maximum Gasteiger partial charge on any atom is 0.330 e. The molecule has 0 aromatic carbocycles. The highest BCUT2D eigenvalue weighted by Gasteiger charge is 2.60. The fraction of sp³-hybridized carbons (Fsp3) is 0.723. The molecule has 3 fully saturated rings. The summed E-state index contributed by atoms with van der Waals surface area (Å²) in [5.41, 5.74) is -1.25. The zero-order valence-electron chi connectivity index (χ0n) is 39.0. The second-order valence-corrected chi connectivity index (χ2v) is 18.4. The molecular weight excluding hydrogens is 836 g/mol. The molecule has 17 heteroatoms. The van der Waals surface area contributed by atoms with Gasteiger partial charge in [0.15, 0.2) is 11.9 Å². The Morgan fingerprint density at radius 3 is 2.11 bits per heavy atom.